The molecule has 0 amide bonds. The van der Waals surface area contributed by atoms with Crippen LogP contribution >= 0.6 is 11.6 Å². The van der Waals surface area contributed by atoms with Crippen LogP contribution in [0.3, 0.4) is 0 Å². The smallest absolute Gasteiger partial charge is 0.258 e. The maximum absolute atomic E-state index is 12.4. The average Bonchev–Trinajstić information content (AvgIpc) is 2.20. The van der Waals surface area contributed by atoms with Crippen molar-refractivity contribution in [3.8, 4) is 6.07 Å². The summed E-state index contributed by atoms with van der Waals surface area (Å²) in [5.74, 6) is 0. The van der Waals surface area contributed by atoms with Crippen molar-refractivity contribution >= 4 is 17.3 Å². The van der Waals surface area contributed by atoms with E-state index in [1.165, 1.54) is 0 Å². The highest BCUT2D eigenvalue weighted by atomic mass is 35.5. The van der Waals surface area contributed by atoms with Crippen LogP contribution in [0.1, 0.15) is 17.7 Å². The zero-order chi connectivity index (χ0) is 12.3. The number of alkyl halides is 2. The van der Waals surface area contributed by atoms with E-state index in [9.17, 15) is 18.9 Å². The van der Waals surface area contributed by atoms with Crippen LogP contribution in [0.15, 0.2) is 6.20 Å². The second-order valence-corrected chi connectivity index (χ2v) is 3.10. The zero-order valence-corrected chi connectivity index (χ0v) is 8.41. The van der Waals surface area contributed by atoms with E-state index in [0.717, 1.165) is 6.20 Å². The number of rotatable bonds is 3. The maximum atomic E-state index is 12.4. The van der Waals surface area contributed by atoms with Crippen LogP contribution in [0.4, 0.5) is 14.5 Å². The molecule has 1 rings (SSSR count). The number of nitrogens with zero attached hydrogens (tertiary/aromatic N) is 3. The van der Waals surface area contributed by atoms with E-state index in [2.05, 4.69) is 4.98 Å². The number of nitriles is 1. The van der Waals surface area contributed by atoms with Crippen LogP contribution in [-0.2, 0) is 6.42 Å². The lowest BCUT2D eigenvalue weighted by Gasteiger charge is -2.05. The molecule has 0 fully saturated rings. The van der Waals surface area contributed by atoms with Crippen LogP contribution in [-0.4, -0.2) is 9.91 Å². The average molecular weight is 248 g/mol. The standard InChI is InChI=1S/C8H4ClF2N3O2/c9-5-4(1-2-12)3-13-6(8(10)11)7(5)14(15)16/h3,8H,1H2. The van der Waals surface area contributed by atoms with Crippen molar-refractivity contribution in [2.45, 2.75) is 12.8 Å². The number of halogens is 3. The van der Waals surface area contributed by atoms with Gasteiger partial charge in [-0.15, -0.1) is 0 Å². The second-order valence-electron chi connectivity index (χ2n) is 2.72. The summed E-state index contributed by atoms with van der Waals surface area (Å²) < 4.78 is 24.8. The highest BCUT2D eigenvalue weighted by molar-refractivity contribution is 6.33. The Morgan fingerprint density at radius 3 is 2.75 bits per heavy atom. The first-order valence-corrected chi connectivity index (χ1v) is 4.33. The van der Waals surface area contributed by atoms with Gasteiger partial charge in [-0.1, -0.05) is 11.6 Å². The summed E-state index contributed by atoms with van der Waals surface area (Å²) in [6.07, 6.45) is -2.37. The topological polar surface area (TPSA) is 79.8 Å². The maximum Gasteiger partial charge on any atom is 0.315 e. The molecule has 84 valence electrons. The molecule has 8 heteroatoms. The van der Waals surface area contributed by atoms with Gasteiger partial charge in [0.15, 0.2) is 5.69 Å². The van der Waals surface area contributed by atoms with Crippen molar-refractivity contribution in [2.24, 2.45) is 0 Å². The van der Waals surface area contributed by atoms with Crippen molar-refractivity contribution < 1.29 is 13.7 Å². The summed E-state index contributed by atoms with van der Waals surface area (Å²) in [5, 5.41) is 18.5. The summed E-state index contributed by atoms with van der Waals surface area (Å²) >= 11 is 5.57. The molecule has 0 radical (unpaired) electrons. The van der Waals surface area contributed by atoms with Gasteiger partial charge in [0, 0.05) is 11.8 Å². The third kappa shape index (κ3) is 2.23. The monoisotopic (exact) mass is 247 g/mol. The summed E-state index contributed by atoms with van der Waals surface area (Å²) in [5.41, 5.74) is -1.87. The first-order chi connectivity index (χ1) is 7.49. The van der Waals surface area contributed by atoms with Gasteiger partial charge in [-0.2, -0.15) is 5.26 Å². The van der Waals surface area contributed by atoms with Crippen LogP contribution in [0.25, 0.3) is 0 Å². The van der Waals surface area contributed by atoms with Crippen LogP contribution < -0.4 is 0 Å². The number of nitro groups is 1. The van der Waals surface area contributed by atoms with Gasteiger partial charge in [0.1, 0.15) is 5.02 Å². The van der Waals surface area contributed by atoms with E-state index in [1.54, 1.807) is 6.07 Å². The lowest BCUT2D eigenvalue weighted by Crippen LogP contribution is -2.02. The van der Waals surface area contributed by atoms with Gasteiger partial charge in [-0.05, 0) is 0 Å². The molecule has 0 aliphatic heterocycles. The quantitative estimate of drug-likeness (QED) is 0.607. The minimum absolute atomic E-state index is 0.0558. The van der Waals surface area contributed by atoms with Crippen molar-refractivity contribution in [3.05, 3.63) is 32.6 Å². The molecule has 16 heavy (non-hydrogen) atoms. The van der Waals surface area contributed by atoms with Crippen molar-refractivity contribution in [2.75, 3.05) is 0 Å². The number of aromatic nitrogens is 1. The normalized spacial score (nSPS) is 10.2. The Labute approximate surface area is 93.4 Å². The first kappa shape index (κ1) is 12.3. The Morgan fingerprint density at radius 1 is 1.69 bits per heavy atom. The van der Waals surface area contributed by atoms with Gasteiger partial charge in [0.25, 0.3) is 6.43 Å². The van der Waals surface area contributed by atoms with Gasteiger partial charge in [0.2, 0.25) is 0 Å². The minimum atomic E-state index is -3.09. The predicted molar refractivity (Wildman–Crippen MR) is 50.2 cm³/mol. The van der Waals surface area contributed by atoms with Gasteiger partial charge in [0.05, 0.1) is 17.4 Å². The van der Waals surface area contributed by atoms with Crippen molar-refractivity contribution in [3.63, 3.8) is 0 Å². The highest BCUT2D eigenvalue weighted by Gasteiger charge is 2.28. The largest absolute Gasteiger partial charge is 0.315 e. The molecule has 5 nitrogen and oxygen atoms in total. The molecule has 0 N–H and O–H groups in total. The number of hydrogen-bond donors (Lipinski definition) is 0. The molecule has 0 aromatic carbocycles. The van der Waals surface area contributed by atoms with Crippen molar-refractivity contribution in [1.82, 2.24) is 4.98 Å². The molecule has 0 saturated heterocycles. The van der Waals surface area contributed by atoms with Crippen LogP contribution in [0.5, 0.6) is 0 Å². The number of pyridine rings is 1. The minimum Gasteiger partial charge on any atom is -0.258 e. The molecule has 1 aromatic heterocycles. The Morgan fingerprint density at radius 2 is 2.31 bits per heavy atom. The Kier molecular flexibility index (Phi) is 3.68. The molecule has 1 aromatic rings. The Bertz CT molecular complexity index is 473. The Hall–Kier alpha value is -1.81. The lowest BCUT2D eigenvalue weighted by atomic mass is 10.2. The second kappa shape index (κ2) is 4.81. The van der Waals surface area contributed by atoms with Gasteiger partial charge < -0.3 is 0 Å². The Balaban J connectivity index is 3.43. The molecule has 0 spiro atoms. The molecular weight excluding hydrogens is 244 g/mol. The fourth-order valence-electron chi connectivity index (χ4n) is 1.07. The van der Waals surface area contributed by atoms with E-state index in [4.69, 9.17) is 16.9 Å². The summed E-state index contributed by atoms with van der Waals surface area (Å²) in [4.78, 5) is 12.8. The van der Waals surface area contributed by atoms with E-state index in [1.807, 2.05) is 0 Å². The fraction of sp³-hybridized carbons (Fsp3) is 0.250. The fourth-order valence-corrected chi connectivity index (χ4v) is 1.35. The molecule has 0 bridgehead atoms. The highest BCUT2D eigenvalue weighted by Crippen LogP contribution is 2.35. The van der Waals surface area contributed by atoms with Gasteiger partial charge in [-0.25, -0.2) is 13.8 Å². The predicted octanol–water partition coefficient (Wildman–Crippen LogP) is 2.65. The molecule has 0 aliphatic carbocycles. The van der Waals surface area contributed by atoms with E-state index >= 15 is 0 Å². The summed E-state index contributed by atoms with van der Waals surface area (Å²) in [6, 6.07) is 1.71. The summed E-state index contributed by atoms with van der Waals surface area (Å²) in [7, 11) is 0. The van der Waals surface area contributed by atoms with Crippen LogP contribution in [0, 0.1) is 21.4 Å². The lowest BCUT2D eigenvalue weighted by molar-refractivity contribution is -0.386. The zero-order valence-electron chi connectivity index (χ0n) is 7.65. The van der Waals surface area contributed by atoms with Gasteiger partial charge >= 0.3 is 5.69 Å². The summed E-state index contributed by atoms with van der Waals surface area (Å²) in [6.45, 7) is 0. The molecule has 0 unspecified atom stereocenters. The number of hydrogen-bond acceptors (Lipinski definition) is 4. The van der Waals surface area contributed by atoms with Gasteiger partial charge in [-0.3, -0.25) is 10.1 Å². The van der Waals surface area contributed by atoms with Crippen molar-refractivity contribution in [1.29, 1.82) is 5.26 Å². The van der Waals surface area contributed by atoms with E-state index < -0.39 is 27.8 Å². The molecule has 0 aliphatic rings. The molecular formula is C8H4ClF2N3O2. The van der Waals surface area contributed by atoms with E-state index in [-0.39, 0.29) is 12.0 Å². The SMILES string of the molecule is N#CCc1cnc(C(F)F)c([N+](=O)[O-])c1Cl. The molecule has 0 atom stereocenters. The van der Waals surface area contributed by atoms with Crippen LogP contribution in [0.2, 0.25) is 5.02 Å². The molecule has 0 saturated carbocycles. The third-order valence-electron chi connectivity index (χ3n) is 1.75. The third-order valence-corrected chi connectivity index (χ3v) is 2.17. The van der Waals surface area contributed by atoms with E-state index in [0.29, 0.717) is 0 Å². The molecule has 1 heterocycles. The first-order valence-electron chi connectivity index (χ1n) is 3.95.